The number of hydrogen-bond acceptors (Lipinski definition) is 4. The first kappa shape index (κ1) is 22.7. The van der Waals surface area contributed by atoms with Gasteiger partial charge >= 0.3 is 0 Å². The van der Waals surface area contributed by atoms with Gasteiger partial charge < -0.3 is 9.97 Å². The van der Waals surface area contributed by atoms with Crippen LogP contribution < -0.4 is 0 Å². The van der Waals surface area contributed by atoms with Crippen molar-refractivity contribution in [2.75, 3.05) is 0 Å². The van der Waals surface area contributed by atoms with Crippen molar-refractivity contribution in [1.82, 2.24) is 24.9 Å². The van der Waals surface area contributed by atoms with Gasteiger partial charge in [-0.1, -0.05) is 52.0 Å². The number of benzene rings is 4. The van der Waals surface area contributed by atoms with Crippen LogP contribution in [0.5, 0.6) is 0 Å². The molecule has 0 unspecified atom stereocenters. The highest BCUT2D eigenvalue weighted by Crippen LogP contribution is 2.40. The maximum Gasteiger partial charge on any atom is 0.109 e. The predicted molar refractivity (Wildman–Crippen MR) is 165 cm³/mol. The lowest BCUT2D eigenvalue weighted by atomic mass is 9.96. The summed E-state index contributed by atoms with van der Waals surface area (Å²) in [6.07, 6.45) is 3.82. The zero-order chi connectivity index (χ0) is 26.4. The fourth-order valence-corrected chi connectivity index (χ4v) is 6.95. The maximum absolute atomic E-state index is 4.95. The number of thiophene rings is 1. The zero-order valence-electron chi connectivity index (χ0n) is 22.3. The van der Waals surface area contributed by atoms with E-state index >= 15 is 0 Å². The number of aromatic amines is 2. The van der Waals surface area contributed by atoms with Gasteiger partial charge in [0.25, 0.3) is 0 Å². The molecule has 39 heavy (non-hydrogen) atoms. The molecule has 0 aliphatic carbocycles. The van der Waals surface area contributed by atoms with Gasteiger partial charge in [-0.2, -0.15) is 0 Å². The summed E-state index contributed by atoms with van der Waals surface area (Å²) in [6.45, 7) is 8.68. The quantitative estimate of drug-likeness (QED) is 0.226. The zero-order valence-corrected chi connectivity index (χ0v) is 23.1. The first-order chi connectivity index (χ1) is 18.9. The number of nitrogens with one attached hydrogen (secondary N) is 2. The minimum absolute atomic E-state index is 0.326. The average molecular weight is 526 g/mol. The Hall–Kier alpha value is -4.29. The second-order valence-corrected chi connectivity index (χ2v) is 12.2. The van der Waals surface area contributed by atoms with Crippen molar-refractivity contribution in [3.8, 4) is 11.1 Å². The average Bonchev–Trinajstić information content (AvgIpc) is 3.66. The van der Waals surface area contributed by atoms with Crippen LogP contribution in [-0.4, -0.2) is 24.9 Å². The van der Waals surface area contributed by atoms with Crippen molar-refractivity contribution in [1.29, 1.82) is 0 Å². The van der Waals surface area contributed by atoms with Gasteiger partial charge in [-0.3, -0.25) is 4.98 Å². The Kier molecular flexibility index (Phi) is 4.71. The fourth-order valence-electron chi connectivity index (χ4n) is 5.79. The summed E-state index contributed by atoms with van der Waals surface area (Å²) in [7, 11) is 0. The first-order valence-corrected chi connectivity index (χ1v) is 14.3. The van der Waals surface area contributed by atoms with Crippen LogP contribution in [0.25, 0.3) is 74.9 Å². The summed E-state index contributed by atoms with van der Waals surface area (Å²) >= 11 is 1.84. The highest BCUT2D eigenvalue weighted by molar-refractivity contribution is 7.25. The van der Waals surface area contributed by atoms with Gasteiger partial charge in [-0.25, -0.2) is 9.97 Å². The van der Waals surface area contributed by atoms with Crippen LogP contribution in [0.15, 0.2) is 67.0 Å². The van der Waals surface area contributed by atoms with Crippen LogP contribution in [0.1, 0.15) is 51.2 Å². The third kappa shape index (κ3) is 3.34. The Morgan fingerprint density at radius 3 is 2.21 bits per heavy atom. The minimum atomic E-state index is 0.326. The molecule has 0 aliphatic rings. The van der Waals surface area contributed by atoms with Crippen molar-refractivity contribution < 1.29 is 0 Å². The smallest absolute Gasteiger partial charge is 0.109 e. The molecule has 8 aromatic rings. The highest BCUT2D eigenvalue weighted by Gasteiger charge is 2.16. The molecule has 0 bridgehead atoms. The Labute approximate surface area is 228 Å². The van der Waals surface area contributed by atoms with Crippen molar-refractivity contribution in [3.63, 3.8) is 0 Å². The van der Waals surface area contributed by atoms with Crippen LogP contribution in [0, 0.1) is 0 Å². The highest BCUT2D eigenvalue weighted by atomic mass is 32.1. The standard InChI is InChI=1S/C33H27N5S/c1-16(2)32-35-26-13-24-21-7-5-19(12-28(21)39-29(24)14-27(26)36-32)18-6-8-22-23(11-18)20-9-10-34-15-25(20)31-30(22)37-33(38-31)17(3)4/h5-17H,1-4H3,(H,35,36)(H,37,38). The van der Waals surface area contributed by atoms with E-state index in [1.165, 1.54) is 47.5 Å². The predicted octanol–water partition coefficient (Wildman–Crippen LogP) is 9.42. The van der Waals surface area contributed by atoms with Crippen molar-refractivity contribution in [3.05, 3.63) is 78.6 Å². The molecule has 8 rings (SSSR count). The van der Waals surface area contributed by atoms with Crippen LogP contribution >= 0.6 is 11.3 Å². The number of aromatic nitrogens is 5. The topological polar surface area (TPSA) is 70.2 Å². The van der Waals surface area contributed by atoms with Gasteiger partial charge in [0.1, 0.15) is 11.6 Å². The van der Waals surface area contributed by atoms with Gasteiger partial charge in [-0.05, 0) is 52.2 Å². The van der Waals surface area contributed by atoms with E-state index in [1.54, 1.807) is 0 Å². The molecule has 4 aromatic heterocycles. The Balaban J connectivity index is 1.31. The Bertz CT molecular complexity index is 2250. The molecule has 0 fully saturated rings. The molecule has 0 amide bonds. The number of imidazole rings is 2. The van der Waals surface area contributed by atoms with E-state index in [4.69, 9.17) is 9.97 Å². The number of pyridine rings is 1. The normalized spacial score (nSPS) is 12.6. The molecule has 0 saturated heterocycles. The van der Waals surface area contributed by atoms with Gasteiger partial charge in [0, 0.05) is 55.2 Å². The molecular weight excluding hydrogens is 498 g/mol. The molecule has 0 atom stereocenters. The molecule has 0 spiro atoms. The van der Waals surface area contributed by atoms with E-state index in [9.17, 15) is 0 Å². The summed E-state index contributed by atoms with van der Waals surface area (Å²) in [5.74, 6) is 2.76. The fraction of sp³-hybridized carbons (Fsp3) is 0.182. The van der Waals surface area contributed by atoms with Crippen molar-refractivity contribution in [2.24, 2.45) is 0 Å². The second-order valence-electron chi connectivity index (χ2n) is 11.1. The monoisotopic (exact) mass is 525 g/mol. The third-order valence-electron chi connectivity index (χ3n) is 7.90. The van der Waals surface area contributed by atoms with E-state index in [0.717, 1.165) is 39.1 Å². The molecule has 4 heterocycles. The number of nitrogens with zero attached hydrogens (tertiary/aromatic N) is 3. The molecule has 190 valence electrons. The van der Waals surface area contributed by atoms with Gasteiger partial charge in [-0.15, -0.1) is 11.3 Å². The number of hydrogen-bond donors (Lipinski definition) is 2. The molecule has 0 saturated carbocycles. The number of rotatable bonds is 3. The van der Waals surface area contributed by atoms with Crippen LogP contribution in [0.4, 0.5) is 0 Å². The lowest BCUT2D eigenvalue weighted by Crippen LogP contribution is -1.88. The second kappa shape index (κ2) is 8.10. The SMILES string of the molecule is CC(C)c1nc2cc3sc4cc(-c5ccc6c(c5)c5ccncc5c5nc(C(C)C)[nH]c65)ccc4c3cc2[nH]1. The number of fused-ring (bicyclic) bond motifs is 10. The number of H-pyrrole nitrogens is 2. The van der Waals surface area contributed by atoms with Gasteiger partial charge in [0.15, 0.2) is 0 Å². The van der Waals surface area contributed by atoms with Crippen molar-refractivity contribution >= 4 is 75.1 Å². The minimum Gasteiger partial charge on any atom is -0.342 e. The van der Waals surface area contributed by atoms with Crippen LogP contribution in [-0.2, 0) is 0 Å². The van der Waals surface area contributed by atoms with E-state index in [0.29, 0.717) is 11.8 Å². The van der Waals surface area contributed by atoms with Crippen LogP contribution in [0.3, 0.4) is 0 Å². The van der Waals surface area contributed by atoms with Crippen LogP contribution in [0.2, 0.25) is 0 Å². The Morgan fingerprint density at radius 2 is 1.38 bits per heavy atom. The van der Waals surface area contributed by atoms with Crippen molar-refractivity contribution in [2.45, 2.75) is 39.5 Å². The molecular formula is C33H27N5S. The third-order valence-corrected chi connectivity index (χ3v) is 9.01. The van der Waals surface area contributed by atoms with E-state index in [1.807, 2.05) is 23.7 Å². The summed E-state index contributed by atoms with van der Waals surface area (Å²) in [5.41, 5.74) is 6.66. The Morgan fingerprint density at radius 1 is 0.641 bits per heavy atom. The van der Waals surface area contributed by atoms with E-state index < -0.39 is 0 Å². The summed E-state index contributed by atoms with van der Waals surface area (Å²) < 4.78 is 2.56. The summed E-state index contributed by atoms with van der Waals surface area (Å²) in [4.78, 5) is 21.3. The maximum atomic E-state index is 4.95. The largest absolute Gasteiger partial charge is 0.342 e. The van der Waals surface area contributed by atoms with E-state index in [2.05, 4.69) is 97.2 Å². The summed E-state index contributed by atoms with van der Waals surface area (Å²) in [6, 6.07) is 20.3. The molecule has 4 aromatic carbocycles. The van der Waals surface area contributed by atoms with Gasteiger partial charge in [0.05, 0.1) is 22.1 Å². The van der Waals surface area contributed by atoms with Gasteiger partial charge in [0.2, 0.25) is 0 Å². The molecule has 6 heteroatoms. The molecule has 2 N–H and O–H groups in total. The lowest BCUT2D eigenvalue weighted by Gasteiger charge is -2.09. The molecule has 5 nitrogen and oxygen atoms in total. The van der Waals surface area contributed by atoms with E-state index in [-0.39, 0.29) is 0 Å². The summed E-state index contributed by atoms with van der Waals surface area (Å²) in [5, 5.41) is 7.26. The molecule has 0 aliphatic heterocycles. The first-order valence-electron chi connectivity index (χ1n) is 13.5. The lowest BCUT2D eigenvalue weighted by molar-refractivity contribution is 0.799. The molecule has 0 radical (unpaired) electrons.